The number of aliphatic hydroxyl groups is 1. The van der Waals surface area contributed by atoms with Crippen molar-refractivity contribution in [3.8, 4) is 5.75 Å². The molecule has 0 amide bonds. The van der Waals surface area contributed by atoms with E-state index in [2.05, 4.69) is 0 Å². The fourth-order valence-corrected chi connectivity index (χ4v) is 2.56. The third kappa shape index (κ3) is 2.81. The molecular formula is C15H19ClO2. The number of ether oxygens (including phenoxy) is 1. The van der Waals surface area contributed by atoms with Crippen LogP contribution in [0.5, 0.6) is 5.75 Å². The topological polar surface area (TPSA) is 29.5 Å². The molecule has 0 heterocycles. The zero-order valence-corrected chi connectivity index (χ0v) is 11.2. The maximum atomic E-state index is 10.0. The van der Waals surface area contributed by atoms with Gasteiger partial charge in [0, 0.05) is 11.4 Å². The third-order valence-corrected chi connectivity index (χ3v) is 4.30. The van der Waals surface area contributed by atoms with Crippen molar-refractivity contribution in [2.24, 2.45) is 5.92 Å². The SMILES string of the molecule is OC1(Cc2cc(Cl)ccc2OCC2CCC2)CC1. The minimum Gasteiger partial charge on any atom is -0.493 e. The molecular weight excluding hydrogens is 248 g/mol. The third-order valence-electron chi connectivity index (χ3n) is 4.07. The van der Waals surface area contributed by atoms with Gasteiger partial charge in [0.05, 0.1) is 12.2 Å². The van der Waals surface area contributed by atoms with Crippen molar-refractivity contribution in [3.05, 3.63) is 28.8 Å². The summed E-state index contributed by atoms with van der Waals surface area (Å²) in [5, 5.41) is 10.7. The lowest BCUT2D eigenvalue weighted by atomic mass is 9.86. The largest absolute Gasteiger partial charge is 0.493 e. The Morgan fingerprint density at radius 2 is 2.11 bits per heavy atom. The van der Waals surface area contributed by atoms with Gasteiger partial charge in [-0.05, 0) is 55.4 Å². The second-order valence-corrected chi connectivity index (χ2v) is 6.20. The van der Waals surface area contributed by atoms with Crippen LogP contribution in [0.3, 0.4) is 0 Å². The Morgan fingerprint density at radius 1 is 1.33 bits per heavy atom. The highest BCUT2D eigenvalue weighted by molar-refractivity contribution is 6.30. The summed E-state index contributed by atoms with van der Waals surface area (Å²) >= 11 is 6.03. The minimum atomic E-state index is -0.501. The van der Waals surface area contributed by atoms with Crippen LogP contribution in [0.4, 0.5) is 0 Å². The molecule has 1 N–H and O–H groups in total. The van der Waals surface area contributed by atoms with Gasteiger partial charge >= 0.3 is 0 Å². The Balaban J connectivity index is 1.69. The van der Waals surface area contributed by atoms with Gasteiger partial charge in [-0.15, -0.1) is 0 Å². The number of benzene rings is 1. The molecule has 2 fully saturated rings. The molecule has 0 spiro atoms. The first kappa shape index (κ1) is 12.3. The van der Waals surface area contributed by atoms with Crippen molar-refractivity contribution in [2.75, 3.05) is 6.61 Å². The Morgan fingerprint density at radius 3 is 2.72 bits per heavy atom. The normalized spacial score (nSPS) is 21.4. The van der Waals surface area contributed by atoms with Gasteiger partial charge in [-0.25, -0.2) is 0 Å². The summed E-state index contributed by atoms with van der Waals surface area (Å²) in [4.78, 5) is 0. The van der Waals surface area contributed by atoms with E-state index in [9.17, 15) is 5.11 Å². The lowest BCUT2D eigenvalue weighted by Gasteiger charge is -2.26. The van der Waals surface area contributed by atoms with Crippen molar-refractivity contribution in [1.29, 1.82) is 0 Å². The van der Waals surface area contributed by atoms with Gasteiger partial charge in [-0.1, -0.05) is 18.0 Å². The monoisotopic (exact) mass is 266 g/mol. The zero-order chi connectivity index (χ0) is 12.6. The lowest BCUT2D eigenvalue weighted by Crippen LogP contribution is -2.20. The highest BCUT2D eigenvalue weighted by Gasteiger charge is 2.40. The fraction of sp³-hybridized carbons (Fsp3) is 0.600. The van der Waals surface area contributed by atoms with Gasteiger partial charge in [-0.3, -0.25) is 0 Å². The standard InChI is InChI=1S/C15H19ClO2/c16-13-4-5-14(18-10-11-2-1-3-11)12(8-13)9-15(17)6-7-15/h4-5,8,11,17H,1-3,6-7,9-10H2. The molecule has 0 unspecified atom stereocenters. The van der Waals surface area contributed by atoms with E-state index >= 15 is 0 Å². The Labute approximate surface area is 113 Å². The average Bonchev–Trinajstić information content (AvgIpc) is 2.97. The van der Waals surface area contributed by atoms with E-state index in [1.54, 1.807) is 0 Å². The van der Waals surface area contributed by atoms with Crippen LogP contribution < -0.4 is 4.74 Å². The number of halogens is 1. The molecule has 0 aliphatic heterocycles. The zero-order valence-electron chi connectivity index (χ0n) is 10.5. The molecule has 0 saturated heterocycles. The van der Waals surface area contributed by atoms with Crippen molar-refractivity contribution in [3.63, 3.8) is 0 Å². The van der Waals surface area contributed by atoms with Crippen molar-refractivity contribution >= 4 is 11.6 Å². The Bertz CT molecular complexity index is 436. The molecule has 2 saturated carbocycles. The van der Waals surface area contributed by atoms with Crippen LogP contribution in [0.1, 0.15) is 37.7 Å². The smallest absolute Gasteiger partial charge is 0.122 e. The summed E-state index contributed by atoms with van der Waals surface area (Å²) in [5.41, 5.74) is 0.543. The van der Waals surface area contributed by atoms with Crippen LogP contribution in [-0.4, -0.2) is 17.3 Å². The van der Waals surface area contributed by atoms with E-state index in [1.807, 2.05) is 18.2 Å². The van der Waals surface area contributed by atoms with Crippen LogP contribution in [0.25, 0.3) is 0 Å². The number of rotatable bonds is 5. The van der Waals surface area contributed by atoms with Crippen LogP contribution in [0.15, 0.2) is 18.2 Å². The van der Waals surface area contributed by atoms with Crippen LogP contribution in [0.2, 0.25) is 5.02 Å². The molecule has 1 aromatic rings. The first-order valence-corrected chi connectivity index (χ1v) is 7.16. The minimum absolute atomic E-state index is 0.501. The van der Waals surface area contributed by atoms with Gasteiger partial charge in [0.2, 0.25) is 0 Å². The molecule has 3 rings (SSSR count). The van der Waals surface area contributed by atoms with Gasteiger partial charge in [-0.2, -0.15) is 0 Å². The first-order chi connectivity index (χ1) is 8.65. The Kier molecular flexibility index (Phi) is 3.25. The molecule has 0 aromatic heterocycles. The second kappa shape index (κ2) is 4.75. The van der Waals surface area contributed by atoms with E-state index in [1.165, 1.54) is 19.3 Å². The number of hydrogen-bond donors (Lipinski definition) is 1. The highest BCUT2D eigenvalue weighted by atomic mass is 35.5. The highest BCUT2D eigenvalue weighted by Crippen LogP contribution is 2.40. The van der Waals surface area contributed by atoms with Gasteiger partial charge in [0.1, 0.15) is 5.75 Å². The Hall–Kier alpha value is -0.730. The summed E-state index contributed by atoms with van der Waals surface area (Å²) in [5.74, 6) is 1.61. The summed E-state index contributed by atoms with van der Waals surface area (Å²) < 4.78 is 5.90. The molecule has 0 atom stereocenters. The first-order valence-electron chi connectivity index (χ1n) is 6.78. The summed E-state index contributed by atoms with van der Waals surface area (Å²) in [6.45, 7) is 0.799. The molecule has 2 aliphatic rings. The van der Waals surface area contributed by atoms with Crippen molar-refractivity contribution < 1.29 is 9.84 Å². The fourth-order valence-electron chi connectivity index (χ4n) is 2.37. The second-order valence-electron chi connectivity index (χ2n) is 5.76. The van der Waals surface area contributed by atoms with E-state index in [-0.39, 0.29) is 0 Å². The van der Waals surface area contributed by atoms with E-state index in [0.29, 0.717) is 11.4 Å². The molecule has 2 nitrogen and oxygen atoms in total. The predicted octanol–water partition coefficient (Wildman–Crippen LogP) is 3.59. The summed E-state index contributed by atoms with van der Waals surface area (Å²) in [6.07, 6.45) is 6.34. The van der Waals surface area contributed by atoms with Crippen LogP contribution in [-0.2, 0) is 6.42 Å². The quantitative estimate of drug-likeness (QED) is 0.883. The van der Waals surface area contributed by atoms with Crippen LogP contribution in [0, 0.1) is 5.92 Å². The van der Waals surface area contributed by atoms with E-state index in [0.717, 1.165) is 36.7 Å². The molecule has 98 valence electrons. The molecule has 1 aromatic carbocycles. The maximum absolute atomic E-state index is 10.0. The molecule has 18 heavy (non-hydrogen) atoms. The average molecular weight is 267 g/mol. The molecule has 2 aliphatic carbocycles. The van der Waals surface area contributed by atoms with E-state index in [4.69, 9.17) is 16.3 Å². The molecule has 3 heteroatoms. The van der Waals surface area contributed by atoms with Crippen molar-refractivity contribution in [2.45, 2.75) is 44.1 Å². The maximum Gasteiger partial charge on any atom is 0.122 e. The summed E-state index contributed by atoms with van der Waals surface area (Å²) in [7, 11) is 0. The molecule has 0 bridgehead atoms. The number of hydrogen-bond acceptors (Lipinski definition) is 2. The van der Waals surface area contributed by atoms with E-state index < -0.39 is 5.60 Å². The summed E-state index contributed by atoms with van der Waals surface area (Å²) in [6, 6.07) is 5.72. The van der Waals surface area contributed by atoms with Gasteiger partial charge < -0.3 is 9.84 Å². The predicted molar refractivity (Wildman–Crippen MR) is 72.2 cm³/mol. The van der Waals surface area contributed by atoms with Crippen molar-refractivity contribution in [1.82, 2.24) is 0 Å². The van der Waals surface area contributed by atoms with Gasteiger partial charge in [0.15, 0.2) is 0 Å². The van der Waals surface area contributed by atoms with Gasteiger partial charge in [0.25, 0.3) is 0 Å². The van der Waals surface area contributed by atoms with Crippen LogP contribution >= 0.6 is 11.6 Å². The molecule has 0 radical (unpaired) electrons. The lowest BCUT2D eigenvalue weighted by molar-refractivity contribution is 0.146.